The van der Waals surface area contributed by atoms with Gasteiger partial charge in [-0.2, -0.15) is 0 Å². The zero-order chi connectivity index (χ0) is 21.5. The van der Waals surface area contributed by atoms with Crippen LogP contribution in [0.1, 0.15) is 53.2 Å². The van der Waals surface area contributed by atoms with E-state index < -0.39 is 0 Å². The molecule has 0 aromatic heterocycles. The fraction of sp³-hybridized carbons (Fsp3) is 0.375. The summed E-state index contributed by atoms with van der Waals surface area (Å²) in [5.41, 5.74) is 2.60. The average Bonchev–Trinajstić information content (AvgIpc) is 3.07. The van der Waals surface area contributed by atoms with Crippen LogP contribution in [0.3, 0.4) is 0 Å². The van der Waals surface area contributed by atoms with Gasteiger partial charge in [0.1, 0.15) is 17.2 Å². The van der Waals surface area contributed by atoms with Crippen LogP contribution in [0.25, 0.3) is 6.08 Å². The third-order valence-electron chi connectivity index (χ3n) is 6.21. The molecule has 3 heterocycles. The molecule has 0 saturated carbocycles. The van der Waals surface area contributed by atoms with E-state index in [1.165, 1.54) is 6.42 Å². The number of likely N-dealkylation sites (tertiary alicyclic amines) is 1. The van der Waals surface area contributed by atoms with E-state index >= 15 is 0 Å². The number of nitrogens with zero attached hydrogens (tertiary/aromatic N) is 1. The Morgan fingerprint density at radius 1 is 1.26 bits per heavy atom. The van der Waals surface area contributed by atoms with Crippen molar-refractivity contribution >= 4 is 23.5 Å². The molecule has 1 saturated heterocycles. The van der Waals surface area contributed by atoms with Gasteiger partial charge in [-0.25, -0.2) is 0 Å². The topological polar surface area (TPSA) is 68.2 Å². The van der Waals surface area contributed by atoms with Gasteiger partial charge in [0.15, 0.2) is 12.6 Å². The second kappa shape index (κ2) is 8.19. The standard InChI is InChI=1S/C24H24ClNO5/c1-14-4-2-3-7-26(14)11-19-20(27)6-5-18-22(28)21(31-24(18)19)10-15-8-17(25)9-16-12-29-13-30-23(15)16/h5-6,8-10,14,27H,2-4,7,11-13H2,1H3/b21-10-/t14-/m0/s1. The Morgan fingerprint density at radius 2 is 2.13 bits per heavy atom. The van der Waals surface area contributed by atoms with Crippen molar-refractivity contribution in [3.8, 4) is 17.2 Å². The lowest BCUT2D eigenvalue weighted by Crippen LogP contribution is -2.36. The molecular formula is C24H24ClNO5. The summed E-state index contributed by atoms with van der Waals surface area (Å²) in [6.45, 7) is 4.25. The van der Waals surface area contributed by atoms with E-state index in [-0.39, 0.29) is 24.1 Å². The molecule has 2 aromatic rings. The number of aromatic hydroxyl groups is 1. The highest BCUT2D eigenvalue weighted by Gasteiger charge is 2.33. The molecule has 6 nitrogen and oxygen atoms in total. The molecule has 2 aromatic carbocycles. The number of allylic oxidation sites excluding steroid dienone is 1. The summed E-state index contributed by atoms with van der Waals surface area (Å²) in [6, 6.07) is 7.16. The summed E-state index contributed by atoms with van der Waals surface area (Å²) >= 11 is 6.26. The van der Waals surface area contributed by atoms with Crippen LogP contribution in [0.5, 0.6) is 17.2 Å². The van der Waals surface area contributed by atoms with E-state index in [9.17, 15) is 9.90 Å². The highest BCUT2D eigenvalue weighted by molar-refractivity contribution is 6.31. The first-order valence-electron chi connectivity index (χ1n) is 10.6. The minimum Gasteiger partial charge on any atom is -0.507 e. The van der Waals surface area contributed by atoms with Crippen LogP contribution in [0, 0.1) is 0 Å². The van der Waals surface area contributed by atoms with Gasteiger partial charge in [-0.05, 0) is 56.7 Å². The zero-order valence-corrected chi connectivity index (χ0v) is 18.1. The largest absolute Gasteiger partial charge is 0.507 e. The van der Waals surface area contributed by atoms with E-state index in [1.54, 1.807) is 30.3 Å². The van der Waals surface area contributed by atoms with Crippen LogP contribution in [0.4, 0.5) is 0 Å². The van der Waals surface area contributed by atoms with Gasteiger partial charge < -0.3 is 19.3 Å². The second-order valence-electron chi connectivity index (χ2n) is 8.29. The molecule has 1 N–H and O–H groups in total. The lowest BCUT2D eigenvalue weighted by atomic mass is 10.0. The van der Waals surface area contributed by atoms with Crippen LogP contribution >= 0.6 is 11.6 Å². The Hall–Kier alpha value is -2.54. The molecule has 0 spiro atoms. The van der Waals surface area contributed by atoms with Crippen molar-refractivity contribution in [2.45, 2.75) is 45.4 Å². The number of hydrogen-bond donors (Lipinski definition) is 1. The van der Waals surface area contributed by atoms with E-state index in [4.69, 9.17) is 25.8 Å². The molecule has 3 aliphatic rings. The number of fused-ring (bicyclic) bond motifs is 2. The van der Waals surface area contributed by atoms with Gasteiger partial charge in [0.25, 0.3) is 0 Å². The van der Waals surface area contributed by atoms with Crippen molar-refractivity contribution in [3.63, 3.8) is 0 Å². The third kappa shape index (κ3) is 3.80. The molecule has 5 rings (SSSR count). The summed E-state index contributed by atoms with van der Waals surface area (Å²) in [7, 11) is 0. The second-order valence-corrected chi connectivity index (χ2v) is 8.73. The molecule has 1 fully saturated rings. The molecule has 0 bridgehead atoms. The fourth-order valence-corrected chi connectivity index (χ4v) is 4.75. The SMILES string of the molecule is C[C@H]1CCCCN1Cc1c(O)ccc2c1O/C(=C\c1cc(Cl)cc3c1OCOC3)C2=O. The lowest BCUT2D eigenvalue weighted by Gasteiger charge is -2.33. The zero-order valence-electron chi connectivity index (χ0n) is 17.3. The lowest BCUT2D eigenvalue weighted by molar-refractivity contribution is -0.0165. The van der Waals surface area contributed by atoms with Gasteiger partial charge in [-0.3, -0.25) is 9.69 Å². The minimum atomic E-state index is -0.219. The number of hydrogen-bond acceptors (Lipinski definition) is 6. The van der Waals surface area contributed by atoms with E-state index in [1.807, 2.05) is 0 Å². The van der Waals surface area contributed by atoms with Crippen LogP contribution < -0.4 is 9.47 Å². The van der Waals surface area contributed by atoms with Gasteiger partial charge >= 0.3 is 0 Å². The number of Topliss-reactive ketones (excluding diaryl/α,β-unsaturated/α-hetero) is 1. The molecule has 7 heteroatoms. The van der Waals surface area contributed by atoms with Crippen LogP contribution in [0.15, 0.2) is 30.0 Å². The first-order valence-corrected chi connectivity index (χ1v) is 10.9. The van der Waals surface area contributed by atoms with Crippen LogP contribution in [-0.2, 0) is 17.9 Å². The van der Waals surface area contributed by atoms with Gasteiger partial charge in [0, 0.05) is 28.7 Å². The van der Waals surface area contributed by atoms with E-state index in [0.29, 0.717) is 52.4 Å². The molecule has 0 aliphatic carbocycles. The molecular weight excluding hydrogens is 418 g/mol. The summed E-state index contributed by atoms with van der Waals surface area (Å²) < 4.78 is 17.0. The highest BCUT2D eigenvalue weighted by atomic mass is 35.5. The maximum Gasteiger partial charge on any atom is 0.231 e. The molecule has 0 amide bonds. The number of phenolic OH excluding ortho intramolecular Hbond substituents is 1. The molecule has 1 atom stereocenters. The Morgan fingerprint density at radius 3 is 2.97 bits per heavy atom. The number of carbonyl (C=O) groups is 1. The number of piperidine rings is 1. The summed E-state index contributed by atoms with van der Waals surface area (Å²) in [6.07, 6.45) is 5.14. The first kappa shape index (κ1) is 20.4. The van der Waals surface area contributed by atoms with Crippen molar-refractivity contribution in [1.82, 2.24) is 4.90 Å². The quantitative estimate of drug-likeness (QED) is 0.683. The molecule has 31 heavy (non-hydrogen) atoms. The number of carbonyl (C=O) groups excluding carboxylic acids is 1. The van der Waals surface area contributed by atoms with E-state index in [2.05, 4.69) is 11.8 Å². The molecule has 3 aliphatic heterocycles. The predicted octanol–water partition coefficient (Wildman–Crippen LogP) is 4.90. The van der Waals surface area contributed by atoms with Gasteiger partial charge in [-0.1, -0.05) is 18.0 Å². The minimum absolute atomic E-state index is 0.145. The Bertz CT molecular complexity index is 1080. The summed E-state index contributed by atoms with van der Waals surface area (Å²) in [5, 5.41) is 11.1. The van der Waals surface area contributed by atoms with Crippen molar-refractivity contribution in [1.29, 1.82) is 0 Å². The molecule has 0 unspecified atom stereocenters. The Labute approximate surface area is 186 Å². The Balaban J connectivity index is 1.50. The predicted molar refractivity (Wildman–Crippen MR) is 117 cm³/mol. The van der Waals surface area contributed by atoms with Gasteiger partial charge in [-0.15, -0.1) is 0 Å². The molecule has 0 radical (unpaired) electrons. The average molecular weight is 442 g/mol. The fourth-order valence-electron chi connectivity index (χ4n) is 4.50. The number of benzene rings is 2. The van der Waals surface area contributed by atoms with Crippen molar-refractivity contribution < 1.29 is 24.1 Å². The Kier molecular flexibility index (Phi) is 5.38. The van der Waals surface area contributed by atoms with Crippen LogP contribution in [0.2, 0.25) is 5.02 Å². The highest BCUT2D eigenvalue weighted by Crippen LogP contribution is 2.42. The smallest absolute Gasteiger partial charge is 0.231 e. The van der Waals surface area contributed by atoms with Gasteiger partial charge in [0.2, 0.25) is 5.78 Å². The number of halogens is 1. The normalized spacial score (nSPS) is 22.1. The van der Waals surface area contributed by atoms with Crippen molar-refractivity contribution in [3.05, 3.63) is 57.3 Å². The van der Waals surface area contributed by atoms with E-state index in [0.717, 1.165) is 24.9 Å². The summed E-state index contributed by atoms with van der Waals surface area (Å²) in [5.74, 6) is 1.19. The molecule has 162 valence electrons. The summed E-state index contributed by atoms with van der Waals surface area (Å²) in [4.78, 5) is 15.4. The number of rotatable bonds is 3. The number of phenols is 1. The third-order valence-corrected chi connectivity index (χ3v) is 6.43. The first-order chi connectivity index (χ1) is 15.0. The number of ketones is 1. The maximum absolute atomic E-state index is 13.1. The van der Waals surface area contributed by atoms with Crippen molar-refractivity contribution in [2.24, 2.45) is 0 Å². The number of ether oxygens (including phenoxy) is 3. The van der Waals surface area contributed by atoms with Gasteiger partial charge in [0.05, 0.1) is 17.7 Å². The van der Waals surface area contributed by atoms with Crippen molar-refractivity contribution in [2.75, 3.05) is 13.3 Å². The maximum atomic E-state index is 13.1. The van der Waals surface area contributed by atoms with Crippen LogP contribution in [-0.4, -0.2) is 35.2 Å². The monoisotopic (exact) mass is 441 g/mol.